The second-order valence-electron chi connectivity index (χ2n) is 5.24. The van der Waals surface area contributed by atoms with Crippen molar-refractivity contribution < 1.29 is 13.6 Å². The second kappa shape index (κ2) is 8.63. The number of esters is 1. The fourth-order valence-corrected chi connectivity index (χ4v) is 15.3. The quantitative estimate of drug-likeness (QED) is 0.213. The Morgan fingerprint density at radius 1 is 1.50 bits per heavy atom. The minimum Gasteiger partial charge on any atom is -0.462 e. The van der Waals surface area contributed by atoms with Crippen LogP contribution in [0.3, 0.4) is 0 Å². The highest BCUT2D eigenvalue weighted by Crippen LogP contribution is 2.14. The zero-order valence-corrected chi connectivity index (χ0v) is 16.3. The molecule has 0 rings (SSSR count). The van der Waals surface area contributed by atoms with Gasteiger partial charge in [-0.2, -0.15) is 0 Å². The zero-order chi connectivity index (χ0) is 14.2. The summed E-state index contributed by atoms with van der Waals surface area (Å²) in [4.78, 5) is 11.2. The van der Waals surface area contributed by atoms with Crippen LogP contribution in [0.15, 0.2) is 24.8 Å². The average molecular weight is 303 g/mol. The lowest BCUT2D eigenvalue weighted by Crippen LogP contribution is -2.37. The van der Waals surface area contributed by atoms with Crippen LogP contribution in [0.25, 0.3) is 0 Å². The van der Waals surface area contributed by atoms with E-state index in [0.29, 0.717) is 12.2 Å². The molecule has 0 amide bonds. The third-order valence-corrected chi connectivity index (χ3v) is 13.0. The van der Waals surface area contributed by atoms with Gasteiger partial charge in [-0.05, 0) is 38.5 Å². The number of rotatable bonds is 9. The lowest BCUT2D eigenvalue weighted by Gasteiger charge is -2.26. The summed E-state index contributed by atoms with van der Waals surface area (Å²) in [6.45, 7) is 14.0. The third-order valence-electron chi connectivity index (χ3n) is 2.49. The summed E-state index contributed by atoms with van der Waals surface area (Å²) in [5.41, 5.74) is 0.463. The molecule has 6 heteroatoms. The highest BCUT2D eigenvalue weighted by Gasteiger charge is 2.23. The number of hydrogen-bond donors (Lipinski definition) is 0. The molecule has 0 N–H and O–H groups in total. The number of carbonyl (C=O) groups is 1. The Morgan fingerprint density at radius 2 is 2.11 bits per heavy atom. The van der Waals surface area contributed by atoms with Crippen LogP contribution in [0.2, 0.25) is 25.2 Å². The maximum atomic E-state index is 11.2. The smallest absolute Gasteiger partial charge is 0.333 e. The Bertz CT molecular complexity index is 303. The SMILES string of the molecule is C=CC[Si](C)(C)O[SiH]([SiH3])CCCOC(=O)C(=C)C. The van der Waals surface area contributed by atoms with Gasteiger partial charge in [0.1, 0.15) is 8.56 Å². The standard InChI is InChI=1S/C12H26O3Si3/c1-6-10-18(4,5)15-17(16)9-7-8-14-12(13)11(2)3/h6,17H,1-2,7-10H2,3-5,16H3. The summed E-state index contributed by atoms with van der Waals surface area (Å²) in [7, 11) is -1.37. The molecule has 104 valence electrons. The molecule has 0 bridgehead atoms. The molecule has 1 atom stereocenters. The van der Waals surface area contributed by atoms with Crippen LogP contribution in [0.4, 0.5) is 0 Å². The largest absolute Gasteiger partial charge is 0.462 e. The van der Waals surface area contributed by atoms with Gasteiger partial charge < -0.3 is 8.85 Å². The van der Waals surface area contributed by atoms with E-state index in [-0.39, 0.29) is 5.97 Å². The van der Waals surface area contributed by atoms with E-state index < -0.39 is 16.9 Å². The van der Waals surface area contributed by atoms with E-state index in [1.807, 2.05) is 6.08 Å². The molecule has 0 fully saturated rings. The predicted octanol–water partition coefficient (Wildman–Crippen LogP) is 1.49. The first-order chi connectivity index (χ1) is 8.28. The van der Waals surface area contributed by atoms with Crippen LogP contribution < -0.4 is 0 Å². The molecule has 0 aliphatic carbocycles. The van der Waals surface area contributed by atoms with Crippen molar-refractivity contribution in [3.8, 4) is 0 Å². The van der Waals surface area contributed by atoms with Gasteiger partial charge in [-0.25, -0.2) is 4.79 Å². The second-order valence-corrected chi connectivity index (χ2v) is 16.2. The van der Waals surface area contributed by atoms with Gasteiger partial charge in [0, 0.05) is 15.3 Å². The molecule has 18 heavy (non-hydrogen) atoms. The van der Waals surface area contributed by atoms with Crippen molar-refractivity contribution in [3.05, 3.63) is 24.8 Å². The molecule has 3 nitrogen and oxygen atoms in total. The summed E-state index contributed by atoms with van der Waals surface area (Å²) >= 11 is 0. The first-order valence-corrected chi connectivity index (χ1v) is 15.4. The Morgan fingerprint density at radius 3 is 2.61 bits per heavy atom. The van der Waals surface area contributed by atoms with Gasteiger partial charge in [0.25, 0.3) is 0 Å². The Labute approximate surface area is 116 Å². The number of carbonyl (C=O) groups excluding carboxylic acids is 1. The third kappa shape index (κ3) is 8.62. The van der Waals surface area contributed by atoms with E-state index in [1.54, 1.807) is 6.92 Å². The molecular weight excluding hydrogens is 276 g/mol. The number of ether oxygens (including phenoxy) is 1. The number of allylic oxidation sites excluding steroid dienone is 1. The first kappa shape index (κ1) is 17.6. The van der Waals surface area contributed by atoms with Crippen molar-refractivity contribution in [2.24, 2.45) is 0 Å². The normalized spacial score (nSPS) is 13.1. The molecule has 0 saturated carbocycles. The molecule has 0 aromatic heterocycles. The predicted molar refractivity (Wildman–Crippen MR) is 85.9 cm³/mol. The minimum absolute atomic E-state index is 0.288. The van der Waals surface area contributed by atoms with Crippen LogP contribution in [-0.2, 0) is 13.6 Å². The lowest BCUT2D eigenvalue weighted by atomic mass is 10.4. The van der Waals surface area contributed by atoms with Crippen molar-refractivity contribution in [2.45, 2.75) is 38.5 Å². The molecule has 0 radical (unpaired) electrons. The van der Waals surface area contributed by atoms with Crippen LogP contribution in [0.5, 0.6) is 0 Å². The zero-order valence-electron chi connectivity index (χ0n) is 12.1. The van der Waals surface area contributed by atoms with Gasteiger partial charge >= 0.3 is 5.97 Å². The van der Waals surface area contributed by atoms with E-state index in [2.05, 4.69) is 26.3 Å². The van der Waals surface area contributed by atoms with E-state index in [0.717, 1.165) is 28.3 Å². The van der Waals surface area contributed by atoms with Crippen LogP contribution >= 0.6 is 0 Å². The van der Waals surface area contributed by atoms with Crippen molar-refractivity contribution in [3.63, 3.8) is 0 Å². The van der Waals surface area contributed by atoms with E-state index in [4.69, 9.17) is 8.85 Å². The topological polar surface area (TPSA) is 35.5 Å². The molecular formula is C12H26O3Si3. The summed E-state index contributed by atoms with van der Waals surface area (Å²) in [6, 6.07) is 2.12. The highest BCUT2D eigenvalue weighted by atomic mass is 29.2. The monoisotopic (exact) mass is 302 g/mol. The van der Waals surface area contributed by atoms with Gasteiger partial charge in [-0.1, -0.05) is 12.7 Å². The van der Waals surface area contributed by atoms with Crippen molar-refractivity contribution >= 4 is 32.6 Å². The fourth-order valence-electron chi connectivity index (χ4n) is 1.66. The maximum Gasteiger partial charge on any atom is 0.333 e. The van der Waals surface area contributed by atoms with E-state index in [1.165, 1.54) is 0 Å². The summed E-state index contributed by atoms with van der Waals surface area (Å²) in [5.74, 6) is -0.288. The van der Waals surface area contributed by atoms with E-state index >= 15 is 0 Å². The molecule has 0 aliphatic rings. The fraction of sp³-hybridized carbons (Fsp3) is 0.583. The van der Waals surface area contributed by atoms with Crippen LogP contribution in [-0.4, -0.2) is 39.2 Å². The van der Waals surface area contributed by atoms with Crippen LogP contribution in [0.1, 0.15) is 13.3 Å². The molecule has 0 aliphatic heterocycles. The molecule has 0 saturated heterocycles. The average Bonchev–Trinajstić information content (AvgIpc) is 2.22. The van der Waals surface area contributed by atoms with Gasteiger partial charge in [0.2, 0.25) is 0 Å². The van der Waals surface area contributed by atoms with Crippen molar-refractivity contribution in [1.82, 2.24) is 0 Å². The Kier molecular flexibility index (Phi) is 8.42. The molecule has 0 aromatic carbocycles. The molecule has 0 aromatic rings. The van der Waals surface area contributed by atoms with Crippen LogP contribution in [0, 0.1) is 0 Å². The van der Waals surface area contributed by atoms with Crippen molar-refractivity contribution in [1.29, 1.82) is 0 Å². The van der Waals surface area contributed by atoms with Gasteiger partial charge in [0.05, 0.1) is 6.61 Å². The Hall–Kier alpha value is -0.439. The summed E-state index contributed by atoms with van der Waals surface area (Å²) in [6.07, 6.45) is 2.88. The highest BCUT2D eigenvalue weighted by molar-refractivity contribution is 7.03. The molecule has 1 unspecified atom stereocenters. The summed E-state index contributed by atoms with van der Waals surface area (Å²) in [5, 5.41) is 0. The van der Waals surface area contributed by atoms with Gasteiger partial charge in [0.15, 0.2) is 8.32 Å². The lowest BCUT2D eigenvalue weighted by molar-refractivity contribution is -0.138. The molecule has 0 heterocycles. The number of hydrogen-bond acceptors (Lipinski definition) is 3. The summed E-state index contributed by atoms with van der Waals surface area (Å²) < 4.78 is 11.3. The maximum absolute atomic E-state index is 11.2. The first-order valence-electron chi connectivity index (χ1n) is 6.40. The Balaban J connectivity index is 3.77. The molecule has 0 spiro atoms. The van der Waals surface area contributed by atoms with Gasteiger partial charge in [-0.3, -0.25) is 0 Å². The van der Waals surface area contributed by atoms with Crippen molar-refractivity contribution in [2.75, 3.05) is 6.61 Å². The minimum atomic E-state index is -1.51. The van der Waals surface area contributed by atoms with E-state index in [9.17, 15) is 4.79 Å². The van der Waals surface area contributed by atoms with Gasteiger partial charge in [-0.15, -0.1) is 6.58 Å².